The van der Waals surface area contributed by atoms with E-state index < -0.39 is 11.7 Å². The molecule has 0 aliphatic rings. The maximum atomic E-state index is 13.6. The van der Waals surface area contributed by atoms with Crippen LogP contribution >= 0.6 is 0 Å². The molecule has 0 spiro atoms. The number of nitrogens with one attached hydrogen (secondary N) is 1. The van der Waals surface area contributed by atoms with Crippen molar-refractivity contribution in [1.29, 1.82) is 0 Å². The highest BCUT2D eigenvalue weighted by Crippen LogP contribution is 2.39. The number of nitrogens with zero attached hydrogens (tertiary/aromatic N) is 3. The van der Waals surface area contributed by atoms with Gasteiger partial charge in [0.05, 0.1) is 17.5 Å². The second-order valence-electron chi connectivity index (χ2n) is 5.65. The molecule has 0 saturated carbocycles. The van der Waals surface area contributed by atoms with Crippen molar-refractivity contribution in [2.24, 2.45) is 7.05 Å². The summed E-state index contributed by atoms with van der Waals surface area (Å²) in [5, 5.41) is 6.79. The van der Waals surface area contributed by atoms with Crippen molar-refractivity contribution < 1.29 is 18.0 Å². The Hall–Kier alpha value is -2.90. The molecule has 25 heavy (non-hydrogen) atoms. The number of rotatable bonds is 4. The maximum absolute atomic E-state index is 13.6. The minimum atomic E-state index is -4.58. The fourth-order valence-electron chi connectivity index (χ4n) is 2.57. The smallest absolute Gasteiger partial charge is 0.363 e. The van der Waals surface area contributed by atoms with Crippen LogP contribution in [0, 0.1) is 0 Å². The van der Waals surface area contributed by atoms with E-state index >= 15 is 0 Å². The first-order valence-corrected chi connectivity index (χ1v) is 7.51. The highest BCUT2D eigenvalue weighted by Gasteiger charge is 2.36. The van der Waals surface area contributed by atoms with E-state index in [1.807, 2.05) is 0 Å². The number of carbonyl (C=O) groups excluding carboxylic acids is 1. The Bertz CT molecular complexity index is 932. The summed E-state index contributed by atoms with van der Waals surface area (Å²) in [6.45, 7) is 1.24. The van der Waals surface area contributed by atoms with Crippen LogP contribution in [0.15, 0.2) is 36.4 Å². The number of hydrogen-bond donors (Lipinski definition) is 1. The molecule has 0 radical (unpaired) electrons. The van der Waals surface area contributed by atoms with Gasteiger partial charge in [0, 0.05) is 12.6 Å². The second-order valence-corrected chi connectivity index (χ2v) is 5.65. The summed E-state index contributed by atoms with van der Waals surface area (Å²) in [5.41, 5.74) is 0.0520. The van der Waals surface area contributed by atoms with Crippen molar-refractivity contribution in [3.63, 3.8) is 0 Å². The number of anilines is 1. The number of ketones is 1. The molecule has 1 aromatic carbocycles. The van der Waals surface area contributed by atoms with Crippen molar-refractivity contribution in [3.05, 3.63) is 42.0 Å². The highest BCUT2D eigenvalue weighted by molar-refractivity contribution is 5.95. The van der Waals surface area contributed by atoms with Crippen LogP contribution in [0.2, 0.25) is 0 Å². The van der Waals surface area contributed by atoms with Crippen LogP contribution in [0.3, 0.4) is 0 Å². The van der Waals surface area contributed by atoms with Crippen molar-refractivity contribution >= 4 is 22.6 Å². The molecule has 1 N–H and O–H groups in total. The third kappa shape index (κ3) is 3.33. The van der Waals surface area contributed by atoms with Gasteiger partial charge in [0.25, 0.3) is 0 Å². The van der Waals surface area contributed by atoms with Gasteiger partial charge in [-0.2, -0.15) is 18.3 Å². The van der Waals surface area contributed by atoms with E-state index in [1.54, 1.807) is 30.3 Å². The van der Waals surface area contributed by atoms with Crippen molar-refractivity contribution in [2.45, 2.75) is 13.1 Å². The van der Waals surface area contributed by atoms with Crippen LogP contribution in [0.25, 0.3) is 22.3 Å². The van der Waals surface area contributed by atoms with E-state index in [0.717, 1.165) is 6.07 Å². The largest absolute Gasteiger partial charge is 0.417 e. The molecule has 0 bridgehead atoms. The number of Topliss-reactive ketones (excluding diaryl/α,β-unsaturated/α-hetero) is 1. The minimum absolute atomic E-state index is 0.0161. The molecular formula is C17H15F3N4O. The molecule has 130 valence electrons. The molecule has 3 rings (SSSR count). The minimum Gasteiger partial charge on any atom is -0.363 e. The quantitative estimate of drug-likeness (QED) is 0.782. The summed E-state index contributed by atoms with van der Waals surface area (Å²) in [6, 6.07) is 9.56. The SMILES string of the molecule is CC(=O)CNc1cc(C(F)(F)F)c2c(-c3ccccc3)nn(C)c2n1. The number of fused-ring (bicyclic) bond motifs is 1. The summed E-state index contributed by atoms with van der Waals surface area (Å²) in [4.78, 5) is 15.3. The van der Waals surface area contributed by atoms with E-state index in [1.165, 1.54) is 18.7 Å². The van der Waals surface area contributed by atoms with Gasteiger partial charge in [-0.15, -0.1) is 0 Å². The zero-order chi connectivity index (χ0) is 18.2. The average molecular weight is 348 g/mol. The monoisotopic (exact) mass is 348 g/mol. The second kappa shape index (κ2) is 6.19. The molecule has 0 amide bonds. The van der Waals surface area contributed by atoms with Crippen molar-refractivity contribution in [1.82, 2.24) is 14.8 Å². The highest BCUT2D eigenvalue weighted by atomic mass is 19.4. The van der Waals surface area contributed by atoms with Gasteiger partial charge in [-0.1, -0.05) is 30.3 Å². The number of alkyl halides is 3. The number of benzene rings is 1. The van der Waals surface area contributed by atoms with Gasteiger partial charge >= 0.3 is 6.18 Å². The Balaban J connectivity index is 2.26. The fourth-order valence-corrected chi connectivity index (χ4v) is 2.57. The van der Waals surface area contributed by atoms with E-state index in [9.17, 15) is 18.0 Å². The summed E-state index contributed by atoms with van der Waals surface area (Å²) >= 11 is 0. The Kier molecular flexibility index (Phi) is 4.20. The molecule has 2 heterocycles. The van der Waals surface area contributed by atoms with Crippen LogP contribution < -0.4 is 5.32 Å². The summed E-state index contributed by atoms with van der Waals surface area (Å²) in [7, 11) is 1.54. The fraction of sp³-hybridized carbons (Fsp3) is 0.235. The molecule has 5 nitrogen and oxygen atoms in total. The first kappa shape index (κ1) is 16.9. The first-order chi connectivity index (χ1) is 11.8. The van der Waals surface area contributed by atoms with Crippen molar-refractivity contribution in [3.8, 4) is 11.3 Å². The standard InChI is InChI=1S/C17H15F3N4O/c1-10(25)9-21-13-8-12(17(18,19)20)14-15(11-6-4-3-5-7-11)23-24(2)16(14)22-13/h3-8H,9H2,1-2H3,(H,21,22). The third-order valence-electron chi connectivity index (χ3n) is 3.66. The Morgan fingerprint density at radius 1 is 1.24 bits per heavy atom. The summed E-state index contributed by atoms with van der Waals surface area (Å²) < 4.78 is 42.2. The lowest BCUT2D eigenvalue weighted by molar-refractivity contribution is -0.136. The van der Waals surface area contributed by atoms with Gasteiger partial charge in [-0.3, -0.25) is 4.79 Å². The molecule has 0 aliphatic heterocycles. The molecular weight excluding hydrogens is 333 g/mol. The van der Waals surface area contributed by atoms with Gasteiger partial charge in [-0.25, -0.2) is 9.67 Å². The zero-order valence-electron chi connectivity index (χ0n) is 13.6. The molecule has 8 heteroatoms. The number of aromatic nitrogens is 3. The zero-order valence-corrected chi connectivity index (χ0v) is 13.6. The van der Waals surface area contributed by atoms with Crippen LogP contribution in [-0.4, -0.2) is 27.1 Å². The van der Waals surface area contributed by atoms with Gasteiger partial charge in [0.1, 0.15) is 17.3 Å². The topological polar surface area (TPSA) is 59.8 Å². The predicted molar refractivity (Wildman–Crippen MR) is 88.1 cm³/mol. The third-order valence-corrected chi connectivity index (χ3v) is 3.66. The van der Waals surface area contributed by atoms with Crippen LogP contribution in [0.5, 0.6) is 0 Å². The van der Waals surface area contributed by atoms with Gasteiger partial charge < -0.3 is 5.32 Å². The molecule has 3 aromatic rings. The summed E-state index contributed by atoms with van der Waals surface area (Å²) in [5.74, 6) is -0.219. The molecule has 0 fully saturated rings. The van der Waals surface area contributed by atoms with Gasteiger partial charge in [-0.05, 0) is 13.0 Å². The molecule has 0 saturated heterocycles. The van der Waals surface area contributed by atoms with Crippen LogP contribution in [0.1, 0.15) is 12.5 Å². The maximum Gasteiger partial charge on any atom is 0.417 e. The van der Waals surface area contributed by atoms with E-state index in [-0.39, 0.29) is 34.9 Å². The number of hydrogen-bond acceptors (Lipinski definition) is 4. The van der Waals surface area contributed by atoms with E-state index in [2.05, 4.69) is 15.4 Å². The van der Waals surface area contributed by atoms with E-state index in [0.29, 0.717) is 5.56 Å². The van der Waals surface area contributed by atoms with Gasteiger partial charge in [0.2, 0.25) is 0 Å². The normalized spacial score (nSPS) is 11.7. The lowest BCUT2D eigenvalue weighted by Gasteiger charge is -2.12. The number of carbonyl (C=O) groups is 1. The number of halogens is 3. The average Bonchev–Trinajstić information content (AvgIpc) is 2.89. The van der Waals surface area contributed by atoms with Gasteiger partial charge in [0.15, 0.2) is 5.65 Å². The van der Waals surface area contributed by atoms with Crippen LogP contribution in [-0.2, 0) is 18.0 Å². The molecule has 0 aliphatic carbocycles. The summed E-state index contributed by atoms with van der Waals surface area (Å²) in [6.07, 6.45) is -4.58. The molecule has 0 unspecified atom stereocenters. The van der Waals surface area contributed by atoms with Crippen LogP contribution in [0.4, 0.5) is 19.0 Å². The van der Waals surface area contributed by atoms with E-state index in [4.69, 9.17) is 0 Å². The predicted octanol–water partition coefficient (Wildman–Crippen LogP) is 3.66. The Labute approximate surface area is 141 Å². The number of aryl methyl sites for hydroxylation is 1. The lowest BCUT2D eigenvalue weighted by Crippen LogP contribution is -2.13. The molecule has 2 aromatic heterocycles. The molecule has 0 atom stereocenters. The lowest BCUT2D eigenvalue weighted by atomic mass is 10.0. The van der Waals surface area contributed by atoms with Crippen molar-refractivity contribution in [2.75, 3.05) is 11.9 Å². The Morgan fingerprint density at radius 2 is 1.92 bits per heavy atom. The number of pyridine rings is 1. The Morgan fingerprint density at radius 3 is 2.52 bits per heavy atom. The first-order valence-electron chi connectivity index (χ1n) is 7.51.